The number of amides is 1. The molecule has 1 aromatic carbocycles. The lowest BCUT2D eigenvalue weighted by Gasteiger charge is -2.25. The van der Waals surface area contributed by atoms with Gasteiger partial charge in [0.25, 0.3) is 0 Å². The molecular weight excluding hydrogens is 432 g/mol. The maximum atomic E-state index is 13.1. The average molecular weight is 453 g/mol. The molecule has 2 heterocycles. The van der Waals surface area contributed by atoms with E-state index in [2.05, 4.69) is 0 Å². The fraction of sp³-hybridized carbons (Fsp3) is 0.533. The first-order valence-electron chi connectivity index (χ1n) is 8.31. The van der Waals surface area contributed by atoms with Crippen LogP contribution in [-0.4, -0.2) is 72.9 Å². The SMILES string of the molecule is COc1ccc(N2C(=O)CCS2(=O)=O)cc1S(=O)(=O)N(C)[C@H]1CCS(=O)(=O)C1. The molecule has 2 aliphatic rings. The van der Waals surface area contributed by atoms with Crippen LogP contribution in [0.4, 0.5) is 5.69 Å². The molecule has 2 fully saturated rings. The van der Waals surface area contributed by atoms with Crippen LogP contribution in [-0.2, 0) is 34.7 Å². The van der Waals surface area contributed by atoms with Crippen LogP contribution in [0.3, 0.4) is 0 Å². The highest BCUT2D eigenvalue weighted by Crippen LogP contribution is 2.35. The summed E-state index contributed by atoms with van der Waals surface area (Å²) in [5.74, 6) is -1.43. The van der Waals surface area contributed by atoms with E-state index >= 15 is 0 Å². The topological polar surface area (TPSA) is 135 Å². The summed E-state index contributed by atoms with van der Waals surface area (Å²) in [5, 5.41) is 0. The summed E-state index contributed by atoms with van der Waals surface area (Å²) in [6.07, 6.45) is -0.0185. The second kappa shape index (κ2) is 6.97. The zero-order chi connectivity index (χ0) is 20.9. The van der Waals surface area contributed by atoms with Crippen LogP contribution < -0.4 is 9.04 Å². The van der Waals surface area contributed by atoms with Gasteiger partial charge < -0.3 is 4.74 Å². The number of sulfonamides is 2. The number of sulfone groups is 1. The zero-order valence-corrected chi connectivity index (χ0v) is 17.7. The minimum absolute atomic E-state index is 0.0412. The first-order valence-corrected chi connectivity index (χ1v) is 13.2. The molecule has 0 saturated carbocycles. The summed E-state index contributed by atoms with van der Waals surface area (Å²) in [5.41, 5.74) is -0.102. The lowest BCUT2D eigenvalue weighted by atomic mass is 10.3. The molecule has 0 bridgehead atoms. The maximum absolute atomic E-state index is 13.1. The van der Waals surface area contributed by atoms with Crippen molar-refractivity contribution in [1.29, 1.82) is 0 Å². The van der Waals surface area contributed by atoms with Crippen LogP contribution in [0.25, 0.3) is 0 Å². The number of carbonyl (C=O) groups is 1. The average Bonchev–Trinajstić information content (AvgIpc) is 3.11. The lowest BCUT2D eigenvalue weighted by Crippen LogP contribution is -2.38. The van der Waals surface area contributed by atoms with E-state index in [0.717, 1.165) is 10.4 Å². The predicted octanol–water partition coefficient (Wildman–Crippen LogP) is -0.431. The molecule has 10 nitrogen and oxygen atoms in total. The molecular formula is C15H20N2O8S3. The van der Waals surface area contributed by atoms with Gasteiger partial charge in [0.05, 0.1) is 30.1 Å². The van der Waals surface area contributed by atoms with E-state index in [1.165, 1.54) is 26.3 Å². The van der Waals surface area contributed by atoms with Crippen molar-refractivity contribution in [2.75, 3.05) is 35.7 Å². The van der Waals surface area contributed by atoms with Crippen molar-refractivity contribution >= 4 is 41.5 Å². The number of anilines is 1. The van der Waals surface area contributed by atoms with Crippen LogP contribution in [0.2, 0.25) is 0 Å². The van der Waals surface area contributed by atoms with Crippen molar-refractivity contribution in [1.82, 2.24) is 4.31 Å². The van der Waals surface area contributed by atoms with Gasteiger partial charge in [-0.2, -0.15) is 4.31 Å². The molecule has 1 atom stereocenters. The van der Waals surface area contributed by atoms with E-state index in [9.17, 15) is 30.0 Å². The van der Waals surface area contributed by atoms with Gasteiger partial charge in [-0.3, -0.25) is 4.79 Å². The lowest BCUT2D eigenvalue weighted by molar-refractivity contribution is -0.116. The molecule has 156 valence electrons. The predicted molar refractivity (Wildman–Crippen MR) is 101 cm³/mol. The third-order valence-corrected chi connectivity index (χ3v) is 10.2. The molecule has 0 radical (unpaired) electrons. The Bertz CT molecular complexity index is 1130. The summed E-state index contributed by atoms with van der Waals surface area (Å²) in [6, 6.07) is 2.89. The molecule has 3 rings (SSSR count). The van der Waals surface area contributed by atoms with Crippen molar-refractivity contribution < 1.29 is 34.8 Å². The van der Waals surface area contributed by atoms with E-state index in [0.29, 0.717) is 4.31 Å². The quantitative estimate of drug-likeness (QED) is 0.587. The van der Waals surface area contributed by atoms with Crippen molar-refractivity contribution in [3.05, 3.63) is 18.2 Å². The first kappa shape index (κ1) is 21.0. The molecule has 0 aromatic heterocycles. The van der Waals surface area contributed by atoms with Gasteiger partial charge in [-0.25, -0.2) is 29.6 Å². The zero-order valence-electron chi connectivity index (χ0n) is 15.2. The van der Waals surface area contributed by atoms with Gasteiger partial charge in [0.1, 0.15) is 10.6 Å². The normalized spacial score (nSPS) is 24.0. The monoisotopic (exact) mass is 452 g/mol. The summed E-state index contributed by atoms with van der Waals surface area (Å²) < 4.78 is 80.6. The number of nitrogens with zero attached hydrogens (tertiary/aromatic N) is 2. The smallest absolute Gasteiger partial charge is 0.246 e. The van der Waals surface area contributed by atoms with Crippen LogP contribution in [0, 0.1) is 0 Å². The highest BCUT2D eigenvalue weighted by molar-refractivity contribution is 7.94. The van der Waals surface area contributed by atoms with Crippen LogP contribution >= 0.6 is 0 Å². The van der Waals surface area contributed by atoms with Gasteiger partial charge in [-0.05, 0) is 24.6 Å². The summed E-state index contributed by atoms with van der Waals surface area (Å²) in [7, 11) is -8.87. The van der Waals surface area contributed by atoms with Crippen LogP contribution in [0.15, 0.2) is 23.1 Å². The number of hydrogen-bond donors (Lipinski definition) is 0. The van der Waals surface area contributed by atoms with Crippen LogP contribution in [0.5, 0.6) is 5.75 Å². The largest absolute Gasteiger partial charge is 0.495 e. The van der Waals surface area contributed by atoms with E-state index < -0.39 is 41.8 Å². The maximum Gasteiger partial charge on any atom is 0.246 e. The third-order valence-electron chi connectivity index (χ3n) is 4.84. The Balaban J connectivity index is 2.06. The molecule has 2 saturated heterocycles. The molecule has 2 aliphatic heterocycles. The van der Waals surface area contributed by atoms with E-state index in [-0.39, 0.29) is 46.4 Å². The Morgan fingerprint density at radius 2 is 1.86 bits per heavy atom. The Kier molecular flexibility index (Phi) is 5.23. The number of methoxy groups -OCH3 is 1. The van der Waals surface area contributed by atoms with Gasteiger partial charge >= 0.3 is 0 Å². The Labute approximate surface area is 164 Å². The summed E-state index contributed by atoms with van der Waals surface area (Å²) >= 11 is 0. The molecule has 1 aromatic rings. The number of benzene rings is 1. The van der Waals surface area contributed by atoms with Gasteiger partial charge in [-0.15, -0.1) is 0 Å². The number of carbonyl (C=O) groups excluding carboxylic acids is 1. The second-order valence-corrected chi connectivity index (χ2v) is 12.8. The molecule has 0 spiro atoms. The Morgan fingerprint density at radius 3 is 2.36 bits per heavy atom. The van der Waals surface area contributed by atoms with E-state index in [1.54, 1.807) is 0 Å². The number of hydrogen-bond acceptors (Lipinski definition) is 8. The molecule has 0 N–H and O–H groups in total. The van der Waals surface area contributed by atoms with Crippen molar-refractivity contribution in [3.8, 4) is 5.75 Å². The second-order valence-electron chi connectivity index (χ2n) is 6.64. The fourth-order valence-corrected chi connectivity index (χ4v) is 8.15. The van der Waals surface area contributed by atoms with Gasteiger partial charge in [-0.1, -0.05) is 0 Å². The minimum Gasteiger partial charge on any atom is -0.495 e. The highest BCUT2D eigenvalue weighted by Gasteiger charge is 2.40. The summed E-state index contributed by atoms with van der Waals surface area (Å²) in [6.45, 7) is 0. The molecule has 13 heteroatoms. The number of ether oxygens (including phenoxy) is 1. The van der Waals surface area contributed by atoms with E-state index in [4.69, 9.17) is 4.74 Å². The van der Waals surface area contributed by atoms with Crippen molar-refractivity contribution in [2.24, 2.45) is 0 Å². The van der Waals surface area contributed by atoms with Crippen molar-refractivity contribution in [3.63, 3.8) is 0 Å². The highest BCUT2D eigenvalue weighted by atomic mass is 32.2. The Morgan fingerprint density at radius 1 is 1.18 bits per heavy atom. The van der Waals surface area contributed by atoms with Gasteiger partial charge in [0, 0.05) is 19.5 Å². The minimum atomic E-state index is -4.21. The van der Waals surface area contributed by atoms with Crippen molar-refractivity contribution in [2.45, 2.75) is 23.8 Å². The van der Waals surface area contributed by atoms with Gasteiger partial charge in [0.2, 0.25) is 26.0 Å². The number of rotatable bonds is 5. The van der Waals surface area contributed by atoms with E-state index in [1.807, 2.05) is 0 Å². The first-order chi connectivity index (χ1) is 12.9. The molecule has 1 amide bonds. The third kappa shape index (κ3) is 3.63. The van der Waals surface area contributed by atoms with Gasteiger partial charge in [0.15, 0.2) is 9.84 Å². The molecule has 0 unspecified atom stereocenters. The van der Waals surface area contributed by atoms with Crippen LogP contribution in [0.1, 0.15) is 12.8 Å². The molecule has 28 heavy (non-hydrogen) atoms. The molecule has 0 aliphatic carbocycles. The standard InChI is InChI=1S/C15H20N2O8S3/c1-16(12-5-7-26(19,20)10-12)28(23,24)14-9-11(3-4-13(14)25-2)17-15(18)6-8-27(17,21)22/h3-4,9,12H,5-8,10H2,1-2H3/t12-/m0/s1. The fourth-order valence-electron chi connectivity index (χ4n) is 3.28. The summed E-state index contributed by atoms with van der Waals surface area (Å²) in [4.78, 5) is 11.7. The Hall–Kier alpha value is -1.70.